The molecule has 0 atom stereocenters. The summed E-state index contributed by atoms with van der Waals surface area (Å²) in [4.78, 5) is 31.9. The lowest BCUT2D eigenvalue weighted by Gasteiger charge is -2.15. The highest BCUT2D eigenvalue weighted by Crippen LogP contribution is 2.18. The third kappa shape index (κ3) is 3.63. The van der Waals surface area contributed by atoms with Crippen molar-refractivity contribution in [2.24, 2.45) is 0 Å². The van der Waals surface area contributed by atoms with Gasteiger partial charge in [-0.1, -0.05) is 11.8 Å². The van der Waals surface area contributed by atoms with Crippen LogP contribution in [-0.2, 0) is 9.59 Å². The van der Waals surface area contributed by atoms with E-state index in [1.165, 1.54) is 6.07 Å². The van der Waals surface area contributed by atoms with E-state index in [0.717, 1.165) is 18.2 Å². The number of nitrogens with one attached hydrogen (secondary N) is 1. The van der Waals surface area contributed by atoms with Crippen LogP contribution in [0.4, 0.5) is 5.69 Å². The molecule has 2 N–H and O–H groups in total. The number of carboxylic acids is 2. The van der Waals surface area contributed by atoms with Crippen LogP contribution in [0.5, 0.6) is 5.75 Å². The van der Waals surface area contributed by atoms with E-state index in [9.17, 15) is 24.6 Å². The van der Waals surface area contributed by atoms with Crippen molar-refractivity contribution in [1.29, 1.82) is 0 Å². The van der Waals surface area contributed by atoms with E-state index in [2.05, 4.69) is 5.32 Å². The van der Waals surface area contributed by atoms with E-state index in [0.29, 0.717) is 6.08 Å². The van der Waals surface area contributed by atoms with Gasteiger partial charge in [0.15, 0.2) is 0 Å². The van der Waals surface area contributed by atoms with Crippen molar-refractivity contribution in [3.63, 3.8) is 0 Å². The van der Waals surface area contributed by atoms with Gasteiger partial charge < -0.3 is 25.4 Å². The van der Waals surface area contributed by atoms with Gasteiger partial charge in [-0.25, -0.2) is 4.79 Å². The second-order valence-corrected chi connectivity index (χ2v) is 3.16. The van der Waals surface area contributed by atoms with Gasteiger partial charge in [-0.15, -0.1) is 0 Å². The smallest absolute Gasteiger partial charge is 0.328 e. The van der Waals surface area contributed by atoms with Crippen LogP contribution in [-0.4, -0.2) is 23.0 Å². The zero-order valence-corrected chi connectivity index (χ0v) is 8.88. The lowest BCUT2D eigenvalue weighted by atomic mass is 10.2. The zero-order chi connectivity index (χ0) is 13.7. The minimum Gasteiger partial charge on any atom is -0.872 e. The minimum atomic E-state index is -1.66. The molecule has 0 aliphatic rings. The van der Waals surface area contributed by atoms with Gasteiger partial charge >= 0.3 is 5.97 Å². The van der Waals surface area contributed by atoms with Crippen molar-refractivity contribution in [2.45, 2.75) is 0 Å². The number of hydrogen-bond acceptors (Lipinski definition) is 5. The standard InChI is InChI=1S/C11H9NO6/c13-8-2-1-6(5-7(8)11(17)18)12-9(14)3-4-10(15)16/h1-5,13H,(H,12,14)(H,15,16)(H,17,18)/p-2. The van der Waals surface area contributed by atoms with Crippen LogP contribution in [0.1, 0.15) is 10.4 Å². The summed E-state index contributed by atoms with van der Waals surface area (Å²) in [6.07, 6.45) is 1.38. The lowest BCUT2D eigenvalue weighted by molar-refractivity contribution is -0.276. The lowest BCUT2D eigenvalue weighted by Crippen LogP contribution is -2.24. The molecule has 0 saturated heterocycles. The molecule has 1 rings (SSSR count). The molecule has 0 aromatic heterocycles. The summed E-state index contributed by atoms with van der Waals surface area (Å²) >= 11 is 0. The number of carbonyl (C=O) groups is 3. The molecule has 0 spiro atoms. The summed E-state index contributed by atoms with van der Waals surface area (Å²) in [5, 5.41) is 32.1. The van der Waals surface area contributed by atoms with E-state index >= 15 is 0 Å². The number of aliphatic carboxylic acids is 1. The molecule has 94 valence electrons. The molecule has 0 aliphatic heterocycles. The Morgan fingerprint density at radius 3 is 2.44 bits per heavy atom. The van der Waals surface area contributed by atoms with Crippen molar-refractivity contribution in [1.82, 2.24) is 0 Å². The molecule has 7 heteroatoms. The van der Waals surface area contributed by atoms with Crippen molar-refractivity contribution >= 4 is 23.5 Å². The number of hydrogen-bond donors (Lipinski definition) is 2. The molecule has 0 bridgehead atoms. The predicted octanol–water partition coefficient (Wildman–Crippen LogP) is -1.30. The third-order valence-corrected chi connectivity index (χ3v) is 1.84. The maximum Gasteiger partial charge on any atom is 0.328 e. The summed E-state index contributed by atoms with van der Waals surface area (Å²) in [5.74, 6) is -4.46. The van der Waals surface area contributed by atoms with Gasteiger partial charge in [0.1, 0.15) is 0 Å². The van der Waals surface area contributed by atoms with E-state index < -0.39 is 29.2 Å². The number of carboxylic acid groups (broad SMARTS) is 2. The Labute approximate surface area is 101 Å². The van der Waals surface area contributed by atoms with Crippen molar-refractivity contribution < 1.29 is 29.7 Å². The zero-order valence-electron chi connectivity index (χ0n) is 8.88. The molecule has 0 aliphatic carbocycles. The summed E-state index contributed by atoms with van der Waals surface area (Å²) in [7, 11) is 0. The Morgan fingerprint density at radius 1 is 1.22 bits per heavy atom. The second-order valence-electron chi connectivity index (χ2n) is 3.16. The SMILES string of the molecule is O=C(O)C=CC(=O)Nc1ccc([O-])c(C(=O)[O-])c1. The van der Waals surface area contributed by atoms with Gasteiger partial charge in [-0.05, 0) is 17.7 Å². The van der Waals surface area contributed by atoms with Crippen LogP contribution in [0.2, 0.25) is 0 Å². The van der Waals surface area contributed by atoms with Gasteiger partial charge in [-0.2, -0.15) is 0 Å². The molecular formula is C11H7NO6-2. The van der Waals surface area contributed by atoms with Gasteiger partial charge in [0.25, 0.3) is 0 Å². The van der Waals surface area contributed by atoms with Crippen molar-refractivity contribution in [3.05, 3.63) is 35.9 Å². The normalized spacial score (nSPS) is 10.2. The summed E-state index contributed by atoms with van der Waals surface area (Å²) in [5.41, 5.74) is -0.538. The summed E-state index contributed by atoms with van der Waals surface area (Å²) < 4.78 is 0. The molecule has 18 heavy (non-hydrogen) atoms. The minimum absolute atomic E-state index is 0.0499. The molecule has 0 heterocycles. The Bertz CT molecular complexity index is 534. The fraction of sp³-hybridized carbons (Fsp3) is 0. The highest BCUT2D eigenvalue weighted by molar-refractivity contribution is 6.03. The van der Waals surface area contributed by atoms with E-state index in [1.54, 1.807) is 0 Å². The van der Waals surface area contributed by atoms with Crippen LogP contribution in [0.3, 0.4) is 0 Å². The van der Waals surface area contributed by atoms with Gasteiger partial charge in [-0.3, -0.25) is 4.79 Å². The quantitative estimate of drug-likeness (QED) is 0.638. The molecule has 1 amide bonds. The summed E-state index contributed by atoms with van der Waals surface area (Å²) in [6, 6.07) is 3.09. The number of benzene rings is 1. The third-order valence-electron chi connectivity index (χ3n) is 1.84. The molecular weight excluding hydrogens is 242 g/mol. The van der Waals surface area contributed by atoms with Gasteiger partial charge in [0, 0.05) is 17.8 Å². The number of rotatable bonds is 4. The second kappa shape index (κ2) is 5.48. The number of carbonyl (C=O) groups excluding carboxylic acids is 2. The van der Waals surface area contributed by atoms with Crippen LogP contribution < -0.4 is 15.5 Å². The van der Waals surface area contributed by atoms with Gasteiger partial charge in [0.05, 0.1) is 5.97 Å². The molecule has 0 unspecified atom stereocenters. The van der Waals surface area contributed by atoms with E-state index in [-0.39, 0.29) is 5.69 Å². The van der Waals surface area contributed by atoms with Crippen LogP contribution >= 0.6 is 0 Å². The van der Waals surface area contributed by atoms with Crippen LogP contribution in [0, 0.1) is 0 Å². The maximum absolute atomic E-state index is 11.2. The number of anilines is 1. The average molecular weight is 249 g/mol. The average Bonchev–Trinajstić information content (AvgIpc) is 2.28. The molecule has 1 aromatic carbocycles. The molecule has 0 radical (unpaired) electrons. The van der Waals surface area contributed by atoms with Gasteiger partial charge in [0.2, 0.25) is 5.91 Å². The Hall–Kier alpha value is -2.83. The fourth-order valence-electron chi connectivity index (χ4n) is 1.10. The molecule has 0 saturated carbocycles. The first-order chi connectivity index (χ1) is 8.40. The first kappa shape index (κ1) is 13.2. The largest absolute Gasteiger partial charge is 0.872 e. The Balaban J connectivity index is 2.86. The van der Waals surface area contributed by atoms with Crippen molar-refractivity contribution in [2.75, 3.05) is 5.32 Å². The maximum atomic E-state index is 11.2. The highest BCUT2D eigenvalue weighted by Gasteiger charge is 2.02. The van der Waals surface area contributed by atoms with Crippen LogP contribution in [0.15, 0.2) is 30.4 Å². The molecule has 1 aromatic rings. The van der Waals surface area contributed by atoms with Crippen molar-refractivity contribution in [3.8, 4) is 5.75 Å². The Morgan fingerprint density at radius 2 is 1.89 bits per heavy atom. The highest BCUT2D eigenvalue weighted by atomic mass is 16.4. The van der Waals surface area contributed by atoms with Crippen LogP contribution in [0.25, 0.3) is 0 Å². The van der Waals surface area contributed by atoms with E-state index in [4.69, 9.17) is 5.11 Å². The predicted molar refractivity (Wildman–Crippen MR) is 55.6 cm³/mol. The molecule has 7 nitrogen and oxygen atoms in total. The topological polar surface area (TPSA) is 130 Å². The number of amides is 1. The monoisotopic (exact) mass is 249 g/mol. The fourth-order valence-corrected chi connectivity index (χ4v) is 1.10. The first-order valence-electron chi connectivity index (χ1n) is 4.64. The van der Waals surface area contributed by atoms with E-state index in [1.807, 2.05) is 0 Å². The summed E-state index contributed by atoms with van der Waals surface area (Å²) in [6.45, 7) is 0. The first-order valence-corrected chi connectivity index (χ1v) is 4.64. The Kier molecular flexibility index (Phi) is 4.03. The number of aromatic carboxylic acids is 1. The molecule has 0 fully saturated rings.